The number of benzene rings is 3. The van der Waals surface area contributed by atoms with Crippen molar-refractivity contribution in [3.8, 4) is 11.8 Å². The summed E-state index contributed by atoms with van der Waals surface area (Å²) >= 11 is 0. The molecule has 0 fully saturated rings. The Morgan fingerprint density at radius 3 is 2.47 bits per heavy atom. The molecule has 0 aliphatic heterocycles. The SMILES string of the molecule is O=C(O)c1cccc(Cn2cc3cc(C#CCc4ccccc4)ccc3cc2=O)c1. The minimum absolute atomic E-state index is 0.133. The maximum atomic E-state index is 12.5. The van der Waals surface area contributed by atoms with Gasteiger partial charge in [-0.2, -0.15) is 0 Å². The Morgan fingerprint density at radius 1 is 0.867 bits per heavy atom. The number of pyridine rings is 1. The number of nitrogens with zero attached hydrogens (tertiary/aromatic N) is 1. The van der Waals surface area contributed by atoms with Crippen LogP contribution in [0.2, 0.25) is 0 Å². The van der Waals surface area contributed by atoms with Gasteiger partial charge >= 0.3 is 5.97 Å². The molecular formula is C26H19NO3. The number of fused-ring (bicyclic) bond motifs is 1. The zero-order valence-electron chi connectivity index (χ0n) is 16.2. The number of hydrogen-bond acceptors (Lipinski definition) is 2. The van der Waals surface area contributed by atoms with Gasteiger partial charge in [-0.3, -0.25) is 4.79 Å². The van der Waals surface area contributed by atoms with Crippen molar-refractivity contribution in [2.45, 2.75) is 13.0 Å². The molecule has 0 amide bonds. The van der Waals surface area contributed by atoms with E-state index >= 15 is 0 Å². The summed E-state index contributed by atoms with van der Waals surface area (Å²) in [6, 6.07) is 24.1. The molecule has 4 nitrogen and oxygen atoms in total. The standard InChI is InChI=1S/C26H19NO3/c28-25-16-22-13-12-20(9-4-8-19-6-2-1-3-7-19)14-24(22)18-27(25)17-21-10-5-11-23(15-21)26(29)30/h1-3,5-7,10-16,18H,8,17H2,(H,29,30). The average Bonchev–Trinajstić information content (AvgIpc) is 2.75. The molecule has 3 aromatic carbocycles. The summed E-state index contributed by atoms with van der Waals surface area (Å²) in [5.74, 6) is 5.39. The van der Waals surface area contributed by atoms with Crippen LogP contribution in [0, 0.1) is 11.8 Å². The topological polar surface area (TPSA) is 59.3 Å². The first-order valence-corrected chi connectivity index (χ1v) is 9.58. The molecule has 0 saturated carbocycles. The third kappa shape index (κ3) is 4.48. The molecule has 1 heterocycles. The molecule has 0 spiro atoms. The second kappa shape index (κ2) is 8.50. The van der Waals surface area contributed by atoms with Gasteiger partial charge in [0, 0.05) is 24.2 Å². The van der Waals surface area contributed by atoms with Crippen LogP contribution in [-0.2, 0) is 13.0 Å². The van der Waals surface area contributed by atoms with Gasteiger partial charge in [0.05, 0.1) is 12.1 Å². The Hall–Kier alpha value is -4.10. The molecule has 0 bridgehead atoms. The fourth-order valence-corrected chi connectivity index (χ4v) is 3.31. The van der Waals surface area contributed by atoms with Crippen LogP contribution in [0.15, 0.2) is 89.9 Å². The van der Waals surface area contributed by atoms with Crippen LogP contribution in [0.4, 0.5) is 0 Å². The van der Waals surface area contributed by atoms with E-state index in [-0.39, 0.29) is 11.1 Å². The van der Waals surface area contributed by atoms with E-state index in [9.17, 15) is 9.59 Å². The lowest BCUT2D eigenvalue weighted by atomic mass is 10.1. The number of aromatic carboxylic acids is 1. The van der Waals surface area contributed by atoms with Crippen molar-refractivity contribution < 1.29 is 9.90 Å². The van der Waals surface area contributed by atoms with Crippen LogP contribution < -0.4 is 5.56 Å². The number of aromatic nitrogens is 1. The normalized spacial score (nSPS) is 10.4. The highest BCUT2D eigenvalue weighted by molar-refractivity contribution is 5.87. The highest BCUT2D eigenvalue weighted by Gasteiger charge is 2.06. The van der Waals surface area contributed by atoms with Crippen molar-refractivity contribution in [3.63, 3.8) is 0 Å². The van der Waals surface area contributed by atoms with Crippen molar-refractivity contribution in [2.24, 2.45) is 0 Å². The van der Waals surface area contributed by atoms with Crippen molar-refractivity contribution in [2.75, 3.05) is 0 Å². The second-order valence-corrected chi connectivity index (χ2v) is 7.05. The maximum Gasteiger partial charge on any atom is 0.335 e. The Bertz CT molecular complexity index is 1340. The number of carboxylic acid groups (broad SMARTS) is 1. The average molecular weight is 393 g/mol. The molecule has 30 heavy (non-hydrogen) atoms. The lowest BCUT2D eigenvalue weighted by molar-refractivity contribution is 0.0696. The van der Waals surface area contributed by atoms with Gasteiger partial charge in [0.2, 0.25) is 0 Å². The van der Waals surface area contributed by atoms with Gasteiger partial charge in [-0.15, -0.1) is 0 Å². The molecule has 0 aliphatic rings. The van der Waals surface area contributed by atoms with E-state index < -0.39 is 5.97 Å². The first kappa shape index (κ1) is 19.2. The fourth-order valence-electron chi connectivity index (χ4n) is 3.31. The van der Waals surface area contributed by atoms with Gasteiger partial charge in [-0.05, 0) is 46.2 Å². The summed E-state index contributed by atoms with van der Waals surface area (Å²) < 4.78 is 1.59. The predicted molar refractivity (Wildman–Crippen MR) is 118 cm³/mol. The first-order valence-electron chi connectivity index (χ1n) is 9.58. The Labute approximate surface area is 174 Å². The van der Waals surface area contributed by atoms with Crippen molar-refractivity contribution in [3.05, 3.63) is 118 Å². The fraction of sp³-hybridized carbons (Fsp3) is 0.0769. The minimum atomic E-state index is -0.985. The van der Waals surface area contributed by atoms with Crippen molar-refractivity contribution >= 4 is 16.7 Å². The van der Waals surface area contributed by atoms with Gasteiger partial charge in [0.15, 0.2) is 0 Å². The summed E-state index contributed by atoms with van der Waals surface area (Å²) in [5.41, 5.74) is 2.89. The number of carbonyl (C=O) groups is 1. The van der Waals surface area contributed by atoms with E-state index in [0.717, 1.165) is 21.9 Å². The lowest BCUT2D eigenvalue weighted by Gasteiger charge is -2.08. The molecular weight excluding hydrogens is 374 g/mol. The van der Waals surface area contributed by atoms with E-state index in [2.05, 4.69) is 11.8 Å². The third-order valence-electron chi connectivity index (χ3n) is 4.84. The van der Waals surface area contributed by atoms with E-state index in [1.807, 2.05) is 54.6 Å². The van der Waals surface area contributed by atoms with Crippen LogP contribution in [0.25, 0.3) is 10.8 Å². The smallest absolute Gasteiger partial charge is 0.335 e. The van der Waals surface area contributed by atoms with E-state index in [1.165, 1.54) is 11.6 Å². The van der Waals surface area contributed by atoms with Gasteiger partial charge in [0.25, 0.3) is 5.56 Å². The molecule has 0 saturated heterocycles. The highest BCUT2D eigenvalue weighted by atomic mass is 16.4. The van der Waals surface area contributed by atoms with Crippen LogP contribution in [0.5, 0.6) is 0 Å². The van der Waals surface area contributed by atoms with Gasteiger partial charge in [-0.1, -0.05) is 60.4 Å². The van der Waals surface area contributed by atoms with Crippen LogP contribution in [-0.4, -0.2) is 15.6 Å². The largest absolute Gasteiger partial charge is 0.478 e. The quantitative estimate of drug-likeness (QED) is 0.525. The molecule has 4 aromatic rings. The number of hydrogen-bond donors (Lipinski definition) is 1. The Morgan fingerprint density at radius 2 is 1.67 bits per heavy atom. The van der Waals surface area contributed by atoms with Gasteiger partial charge < -0.3 is 9.67 Å². The third-order valence-corrected chi connectivity index (χ3v) is 4.84. The maximum absolute atomic E-state index is 12.5. The zero-order chi connectivity index (χ0) is 20.9. The summed E-state index contributed by atoms with van der Waals surface area (Å²) in [4.78, 5) is 23.7. The summed E-state index contributed by atoms with van der Waals surface area (Å²) in [6.07, 6.45) is 2.48. The van der Waals surface area contributed by atoms with E-state index in [4.69, 9.17) is 5.11 Å². The summed E-state index contributed by atoms with van der Waals surface area (Å²) in [6.45, 7) is 0.305. The van der Waals surface area contributed by atoms with E-state index in [1.54, 1.807) is 29.0 Å². The summed E-state index contributed by atoms with van der Waals surface area (Å²) in [7, 11) is 0. The summed E-state index contributed by atoms with van der Waals surface area (Å²) in [5, 5.41) is 10.9. The predicted octanol–water partition coefficient (Wildman–Crippen LogP) is 4.34. The molecule has 0 aliphatic carbocycles. The Kier molecular flexibility index (Phi) is 5.45. The molecule has 0 atom stereocenters. The molecule has 146 valence electrons. The van der Waals surface area contributed by atoms with Gasteiger partial charge in [0.1, 0.15) is 0 Å². The minimum Gasteiger partial charge on any atom is -0.478 e. The Balaban J connectivity index is 1.61. The zero-order valence-corrected chi connectivity index (χ0v) is 16.2. The number of rotatable bonds is 4. The highest BCUT2D eigenvalue weighted by Crippen LogP contribution is 2.15. The van der Waals surface area contributed by atoms with E-state index in [0.29, 0.717) is 13.0 Å². The molecule has 4 heteroatoms. The van der Waals surface area contributed by atoms with Crippen LogP contribution in [0.3, 0.4) is 0 Å². The molecule has 1 aromatic heterocycles. The second-order valence-electron chi connectivity index (χ2n) is 7.05. The molecule has 0 radical (unpaired) electrons. The van der Waals surface area contributed by atoms with Crippen LogP contribution >= 0.6 is 0 Å². The molecule has 4 rings (SSSR count). The first-order chi connectivity index (χ1) is 14.6. The van der Waals surface area contributed by atoms with Crippen LogP contribution in [0.1, 0.15) is 27.0 Å². The van der Waals surface area contributed by atoms with Gasteiger partial charge in [-0.25, -0.2) is 4.79 Å². The molecule has 1 N–H and O–H groups in total. The molecule has 0 unspecified atom stereocenters. The van der Waals surface area contributed by atoms with Crippen molar-refractivity contribution in [1.82, 2.24) is 4.57 Å². The lowest BCUT2D eigenvalue weighted by Crippen LogP contribution is -2.19. The van der Waals surface area contributed by atoms with Crippen molar-refractivity contribution in [1.29, 1.82) is 0 Å². The monoisotopic (exact) mass is 393 g/mol. The number of carboxylic acids is 1.